The molecule has 0 bridgehead atoms. The largest absolute Gasteiger partial charge is 0.493 e. The fourth-order valence-corrected chi connectivity index (χ4v) is 5.97. The SMILES string of the molecule is CC(C)CCC[C@@H](C)CCOc1ccc(CCC(N)(CO)C(O)(O)C23OP2(=O)O3)cc1C(F)(F)F. The third-order valence-electron chi connectivity index (χ3n) is 6.76. The second kappa shape index (κ2) is 9.93. The molecule has 0 saturated carbocycles. The van der Waals surface area contributed by atoms with Crippen LogP contribution in [0.25, 0.3) is 0 Å². The smallest absolute Gasteiger partial charge is 0.419 e. The molecule has 1 aromatic rings. The summed E-state index contributed by atoms with van der Waals surface area (Å²) in [6, 6.07) is 3.57. The van der Waals surface area contributed by atoms with Gasteiger partial charge in [0, 0.05) is 0 Å². The van der Waals surface area contributed by atoms with E-state index >= 15 is 0 Å². The quantitative estimate of drug-likeness (QED) is 0.162. The molecule has 0 amide bonds. The number of hydrogen-bond donors (Lipinski definition) is 4. The fraction of sp³-hybridized carbons (Fsp3) is 0.739. The van der Waals surface area contributed by atoms with Crippen LogP contribution >= 0.6 is 7.60 Å². The van der Waals surface area contributed by atoms with Crippen LogP contribution in [0.4, 0.5) is 13.2 Å². The Morgan fingerprint density at radius 1 is 1.14 bits per heavy atom. The predicted octanol–water partition coefficient (Wildman–Crippen LogP) is 4.15. The Balaban J connectivity index is 1.62. The normalized spacial score (nSPS) is 26.3. The molecule has 12 heteroatoms. The fourth-order valence-electron chi connectivity index (χ4n) is 4.12. The Morgan fingerprint density at radius 2 is 1.77 bits per heavy atom. The van der Waals surface area contributed by atoms with Crippen LogP contribution in [0.15, 0.2) is 18.2 Å². The van der Waals surface area contributed by atoms with Crippen molar-refractivity contribution in [2.75, 3.05) is 13.2 Å². The van der Waals surface area contributed by atoms with Crippen LogP contribution in [0, 0.1) is 11.8 Å². The maximum atomic E-state index is 13.7. The lowest BCUT2D eigenvalue weighted by Crippen LogP contribution is -2.68. The number of nitrogens with two attached hydrogens (primary N) is 1. The van der Waals surface area contributed by atoms with Crippen LogP contribution < -0.4 is 10.5 Å². The topological polar surface area (TPSA) is 138 Å². The van der Waals surface area contributed by atoms with E-state index in [0.29, 0.717) is 18.3 Å². The Hall–Kier alpha value is -1.20. The Bertz CT molecular complexity index is 946. The van der Waals surface area contributed by atoms with Crippen LogP contribution in [0.5, 0.6) is 5.75 Å². The number of hydrogen-bond acceptors (Lipinski definition) is 8. The zero-order chi connectivity index (χ0) is 26.3. The first-order valence-electron chi connectivity index (χ1n) is 11.8. The summed E-state index contributed by atoms with van der Waals surface area (Å²) in [5.41, 5.74) is 0.872. The van der Waals surface area contributed by atoms with Crippen LogP contribution in [0.2, 0.25) is 0 Å². The molecule has 8 nitrogen and oxygen atoms in total. The summed E-state index contributed by atoms with van der Waals surface area (Å²) >= 11 is 0. The zero-order valence-corrected chi connectivity index (χ0v) is 21.1. The molecule has 0 aliphatic carbocycles. The van der Waals surface area contributed by atoms with Crippen molar-refractivity contribution in [3.05, 3.63) is 29.3 Å². The van der Waals surface area contributed by atoms with Gasteiger partial charge in [0.15, 0.2) is 0 Å². The Morgan fingerprint density at radius 3 is 2.29 bits per heavy atom. The molecule has 2 fully saturated rings. The number of halogens is 3. The highest BCUT2D eigenvalue weighted by Gasteiger charge is 3.01. The minimum Gasteiger partial charge on any atom is -0.493 e. The number of aryl methyl sites for hydroxylation is 1. The number of rotatable bonds is 14. The molecular formula is C23H35F3NO7P. The van der Waals surface area contributed by atoms with Gasteiger partial charge in [0.1, 0.15) is 5.75 Å². The highest BCUT2D eigenvalue weighted by Crippen LogP contribution is 3.00. The summed E-state index contributed by atoms with van der Waals surface area (Å²) in [7, 11) is -3.60. The van der Waals surface area contributed by atoms with E-state index < -0.39 is 42.8 Å². The van der Waals surface area contributed by atoms with Crippen molar-refractivity contribution in [1.29, 1.82) is 0 Å². The molecule has 2 heterocycles. The first-order valence-corrected chi connectivity index (χ1v) is 13.3. The molecular weight excluding hydrogens is 490 g/mol. The highest BCUT2D eigenvalue weighted by molar-refractivity contribution is 7.68. The number of alkyl halides is 3. The number of aliphatic hydroxyl groups excluding tert-OH is 1. The van der Waals surface area contributed by atoms with Gasteiger partial charge in [-0.1, -0.05) is 46.1 Å². The van der Waals surface area contributed by atoms with E-state index in [0.717, 1.165) is 25.3 Å². The molecule has 35 heavy (non-hydrogen) atoms. The van der Waals surface area contributed by atoms with E-state index in [-0.39, 0.29) is 30.8 Å². The zero-order valence-electron chi connectivity index (χ0n) is 20.2. The third-order valence-corrected chi connectivity index (χ3v) is 8.63. The lowest BCUT2D eigenvalue weighted by molar-refractivity contribution is -0.290. The van der Waals surface area contributed by atoms with Crippen molar-refractivity contribution >= 4 is 7.60 Å². The number of benzene rings is 1. The second-order valence-electron chi connectivity index (χ2n) is 10.1. The average Bonchev–Trinajstić information content (AvgIpc) is 3.57. The van der Waals surface area contributed by atoms with Gasteiger partial charge in [-0.2, -0.15) is 13.2 Å². The lowest BCUT2D eigenvalue weighted by Gasteiger charge is -2.38. The number of fused-ring (bicyclic) bond motifs is 1. The van der Waals surface area contributed by atoms with E-state index in [1.165, 1.54) is 12.1 Å². The first-order chi connectivity index (χ1) is 16.1. The predicted molar refractivity (Wildman–Crippen MR) is 121 cm³/mol. The molecule has 2 aliphatic rings. The van der Waals surface area contributed by atoms with E-state index in [2.05, 4.69) is 29.8 Å². The molecule has 2 aliphatic heterocycles. The summed E-state index contributed by atoms with van der Waals surface area (Å²) in [6.45, 7) is 5.55. The van der Waals surface area contributed by atoms with Crippen molar-refractivity contribution in [2.24, 2.45) is 17.6 Å². The second-order valence-corrected chi connectivity index (χ2v) is 12.1. The van der Waals surface area contributed by atoms with Crippen LogP contribution in [0.3, 0.4) is 0 Å². The molecule has 1 unspecified atom stereocenters. The van der Waals surface area contributed by atoms with E-state index in [1.54, 1.807) is 0 Å². The molecule has 0 aromatic heterocycles. The third kappa shape index (κ3) is 5.71. The van der Waals surface area contributed by atoms with Crippen LogP contribution in [-0.4, -0.2) is 45.4 Å². The van der Waals surface area contributed by atoms with E-state index in [4.69, 9.17) is 10.5 Å². The van der Waals surface area contributed by atoms with Gasteiger partial charge in [-0.05, 0) is 48.8 Å². The van der Waals surface area contributed by atoms with Gasteiger partial charge < -0.3 is 25.8 Å². The van der Waals surface area contributed by atoms with Crippen molar-refractivity contribution in [2.45, 2.75) is 82.3 Å². The standard InChI is InChI=1S/C23H35F3NO7P/c1-15(2)5-4-6-16(3)10-12-32-19-8-7-17(13-18(19)21(24,25)26)9-11-20(27,14-28)22(29,30)23-33-35(23,31)34-23/h7-8,13,15-16,28-30H,4-6,9-12,14,27H2,1-3H3/t16-,20?,23?,35?/m1/s1. The van der Waals surface area contributed by atoms with Gasteiger partial charge in [-0.25, -0.2) is 0 Å². The monoisotopic (exact) mass is 525 g/mol. The molecule has 2 atom stereocenters. The summed E-state index contributed by atoms with van der Waals surface area (Å²) in [6.07, 6.45) is -1.36. The molecule has 0 radical (unpaired) electrons. The molecule has 0 spiro atoms. The molecule has 200 valence electrons. The minimum absolute atomic E-state index is 0.142. The van der Waals surface area contributed by atoms with Crippen molar-refractivity contribution in [3.8, 4) is 5.75 Å². The number of aliphatic hydroxyl groups is 3. The highest BCUT2D eigenvalue weighted by atomic mass is 31.2. The van der Waals surface area contributed by atoms with E-state index in [1.807, 2.05) is 0 Å². The van der Waals surface area contributed by atoms with Gasteiger partial charge in [0.05, 0.1) is 24.3 Å². The first kappa shape index (κ1) is 28.4. The van der Waals surface area contributed by atoms with Crippen molar-refractivity contribution in [3.63, 3.8) is 0 Å². The van der Waals surface area contributed by atoms with Crippen molar-refractivity contribution in [1.82, 2.24) is 0 Å². The minimum atomic E-state index is -4.67. The number of ether oxygens (including phenoxy) is 1. The van der Waals surface area contributed by atoms with Crippen molar-refractivity contribution < 1.29 is 46.8 Å². The van der Waals surface area contributed by atoms with Crippen LogP contribution in [-0.2, 0) is 26.2 Å². The summed E-state index contributed by atoms with van der Waals surface area (Å²) in [4.78, 5) is 0. The average molecular weight is 526 g/mol. The summed E-state index contributed by atoms with van der Waals surface area (Å²) < 4.78 is 67.7. The Labute approximate surface area is 203 Å². The van der Waals surface area contributed by atoms with Gasteiger partial charge in [0.2, 0.25) is 0 Å². The summed E-state index contributed by atoms with van der Waals surface area (Å²) in [5.74, 6) is -2.33. The van der Waals surface area contributed by atoms with Gasteiger partial charge in [-0.3, -0.25) is 13.6 Å². The lowest BCUT2D eigenvalue weighted by atomic mass is 9.84. The van der Waals surface area contributed by atoms with Gasteiger partial charge >= 0.3 is 19.3 Å². The maximum Gasteiger partial charge on any atom is 0.419 e. The summed E-state index contributed by atoms with van der Waals surface area (Å²) in [5, 5.41) is 30.5. The molecule has 5 N–H and O–H groups in total. The van der Waals surface area contributed by atoms with Crippen LogP contribution in [0.1, 0.15) is 64.0 Å². The van der Waals surface area contributed by atoms with Gasteiger partial charge in [-0.15, -0.1) is 0 Å². The molecule has 3 rings (SSSR count). The van der Waals surface area contributed by atoms with E-state index in [9.17, 15) is 33.1 Å². The molecule has 2 saturated heterocycles. The Kier molecular flexibility index (Phi) is 8.05. The van der Waals surface area contributed by atoms with Gasteiger partial charge in [0.25, 0.3) is 5.79 Å². The maximum absolute atomic E-state index is 13.7. The molecule has 1 aromatic carbocycles.